The van der Waals surface area contributed by atoms with Gasteiger partial charge < -0.3 is 9.13 Å². The lowest BCUT2D eigenvalue weighted by Crippen LogP contribution is -2.00. The first-order chi connectivity index (χ1) is 28.7. The van der Waals surface area contributed by atoms with E-state index >= 15 is 0 Å². The molecule has 0 bridgehead atoms. The second-order valence-electron chi connectivity index (χ2n) is 14.9. The van der Waals surface area contributed by atoms with Gasteiger partial charge in [-0.15, -0.1) is 0 Å². The van der Waals surface area contributed by atoms with Crippen LogP contribution in [0, 0.1) is 0 Å². The first-order valence-corrected chi connectivity index (χ1v) is 19.6. The van der Waals surface area contributed by atoms with E-state index in [1.54, 1.807) is 0 Å². The van der Waals surface area contributed by atoms with E-state index in [1.165, 1.54) is 54.1 Å². The van der Waals surface area contributed by atoms with Crippen LogP contribution in [-0.4, -0.2) is 24.1 Å². The zero-order chi connectivity index (χ0) is 38.2. The molecule has 0 radical (unpaired) electrons. The molecule has 0 unspecified atom stereocenters. The van der Waals surface area contributed by atoms with Crippen LogP contribution in [0.15, 0.2) is 200 Å². The number of hydrogen-bond acceptors (Lipinski definition) is 3. The lowest BCUT2D eigenvalue weighted by Gasteiger charge is -2.12. The van der Waals surface area contributed by atoms with Crippen LogP contribution in [0.1, 0.15) is 0 Å². The van der Waals surface area contributed by atoms with Gasteiger partial charge in [0.25, 0.3) is 0 Å². The number of hydrogen-bond donors (Lipinski definition) is 0. The standard InChI is InChI=1S/C53H33N5/c1-3-13-34(14-4-1)51-54-52(35-15-5-2-6-16-35)56-53(55-51)36-23-25-41(26-24-36)57-48-31-39-19-9-8-18-38(39)30-46(48)44-28-27-42(33-50(44)57)58-47-22-12-11-21-43(47)45-29-37-17-7-10-20-40(37)32-49(45)58/h1-33H. The zero-order valence-corrected chi connectivity index (χ0v) is 31.3. The third-order valence-electron chi connectivity index (χ3n) is 11.5. The molecule has 0 spiro atoms. The third kappa shape index (κ3) is 5.14. The van der Waals surface area contributed by atoms with Gasteiger partial charge in [0.15, 0.2) is 17.5 Å². The molecule has 0 aliphatic carbocycles. The summed E-state index contributed by atoms with van der Waals surface area (Å²) in [6.07, 6.45) is 0. The van der Waals surface area contributed by atoms with Crippen molar-refractivity contribution < 1.29 is 0 Å². The topological polar surface area (TPSA) is 48.5 Å². The molecule has 58 heavy (non-hydrogen) atoms. The molecule has 3 heterocycles. The molecule has 0 aliphatic rings. The average Bonchev–Trinajstić information content (AvgIpc) is 3.79. The first kappa shape index (κ1) is 32.4. The van der Waals surface area contributed by atoms with Gasteiger partial charge in [-0.3, -0.25) is 0 Å². The van der Waals surface area contributed by atoms with Gasteiger partial charge in [-0.25, -0.2) is 15.0 Å². The summed E-state index contributed by atoms with van der Waals surface area (Å²) in [5.41, 5.74) is 9.67. The maximum absolute atomic E-state index is 5.00. The van der Waals surface area contributed by atoms with E-state index in [0.29, 0.717) is 17.5 Å². The van der Waals surface area contributed by atoms with Gasteiger partial charge in [0.2, 0.25) is 0 Å². The number of nitrogens with zero attached hydrogens (tertiary/aromatic N) is 5. The summed E-state index contributed by atoms with van der Waals surface area (Å²) in [5, 5.41) is 9.82. The van der Waals surface area contributed by atoms with Gasteiger partial charge in [0.1, 0.15) is 0 Å². The maximum atomic E-state index is 5.00. The van der Waals surface area contributed by atoms with Crippen LogP contribution >= 0.6 is 0 Å². The Balaban J connectivity index is 1.07. The summed E-state index contributed by atoms with van der Waals surface area (Å²) >= 11 is 0. The largest absolute Gasteiger partial charge is 0.309 e. The SMILES string of the molecule is c1ccc(-c2nc(-c3ccccc3)nc(-c3ccc(-n4c5cc(-n6c7ccccc7c7cc8ccccc8cc76)ccc5c5cc6ccccc6cc54)cc3)n2)cc1. The van der Waals surface area contributed by atoms with Crippen molar-refractivity contribution in [3.05, 3.63) is 200 Å². The number of benzene rings is 9. The molecule has 12 aromatic rings. The van der Waals surface area contributed by atoms with E-state index in [4.69, 9.17) is 15.0 Å². The average molecular weight is 740 g/mol. The van der Waals surface area contributed by atoms with Crippen molar-refractivity contribution in [1.29, 1.82) is 0 Å². The van der Waals surface area contributed by atoms with Crippen molar-refractivity contribution in [2.45, 2.75) is 0 Å². The molecule has 0 amide bonds. The first-order valence-electron chi connectivity index (χ1n) is 19.6. The Kier molecular flexibility index (Phi) is 7.16. The van der Waals surface area contributed by atoms with E-state index in [9.17, 15) is 0 Å². The Hall–Kier alpha value is -7.89. The van der Waals surface area contributed by atoms with Crippen LogP contribution in [0.25, 0.3) is 111 Å². The van der Waals surface area contributed by atoms with Gasteiger partial charge in [-0.1, -0.05) is 133 Å². The van der Waals surface area contributed by atoms with Crippen LogP contribution < -0.4 is 0 Å². The molecule has 5 heteroatoms. The van der Waals surface area contributed by atoms with Crippen molar-refractivity contribution in [1.82, 2.24) is 24.1 Å². The highest BCUT2D eigenvalue weighted by Crippen LogP contribution is 2.39. The summed E-state index contributed by atoms with van der Waals surface area (Å²) in [4.78, 5) is 14.9. The van der Waals surface area contributed by atoms with E-state index in [-0.39, 0.29) is 0 Å². The van der Waals surface area contributed by atoms with Crippen molar-refractivity contribution in [2.24, 2.45) is 0 Å². The molecule has 0 saturated heterocycles. The fourth-order valence-corrected chi connectivity index (χ4v) is 8.74. The minimum atomic E-state index is 0.633. The van der Waals surface area contributed by atoms with Gasteiger partial charge >= 0.3 is 0 Å². The Morgan fingerprint density at radius 2 is 0.655 bits per heavy atom. The second kappa shape index (κ2) is 12.8. The van der Waals surface area contributed by atoms with Crippen molar-refractivity contribution >= 4 is 65.2 Å². The van der Waals surface area contributed by atoms with Crippen LogP contribution in [0.2, 0.25) is 0 Å². The van der Waals surface area contributed by atoms with Gasteiger partial charge in [-0.2, -0.15) is 0 Å². The Morgan fingerprint density at radius 1 is 0.259 bits per heavy atom. The highest BCUT2D eigenvalue weighted by molar-refractivity contribution is 6.16. The summed E-state index contributed by atoms with van der Waals surface area (Å²) in [5.74, 6) is 1.93. The molecule has 12 rings (SSSR count). The zero-order valence-electron chi connectivity index (χ0n) is 31.3. The predicted octanol–water partition coefficient (Wildman–Crippen LogP) is 13.4. The van der Waals surface area contributed by atoms with Crippen LogP contribution in [-0.2, 0) is 0 Å². The summed E-state index contributed by atoms with van der Waals surface area (Å²) in [6, 6.07) is 71.2. The number of para-hydroxylation sites is 1. The van der Waals surface area contributed by atoms with Gasteiger partial charge in [-0.05, 0) is 88.3 Å². The van der Waals surface area contributed by atoms with Crippen LogP contribution in [0.4, 0.5) is 0 Å². The number of fused-ring (bicyclic) bond motifs is 8. The summed E-state index contributed by atoms with van der Waals surface area (Å²) in [6.45, 7) is 0. The molecule has 0 N–H and O–H groups in total. The fraction of sp³-hybridized carbons (Fsp3) is 0. The summed E-state index contributed by atoms with van der Waals surface area (Å²) < 4.78 is 4.83. The minimum Gasteiger partial charge on any atom is -0.309 e. The highest BCUT2D eigenvalue weighted by atomic mass is 15.0. The lowest BCUT2D eigenvalue weighted by molar-refractivity contribution is 1.07. The van der Waals surface area contributed by atoms with Gasteiger partial charge in [0, 0.05) is 49.6 Å². The maximum Gasteiger partial charge on any atom is 0.164 e. The fourth-order valence-electron chi connectivity index (χ4n) is 8.74. The second-order valence-corrected chi connectivity index (χ2v) is 14.9. The van der Waals surface area contributed by atoms with Crippen molar-refractivity contribution in [3.63, 3.8) is 0 Å². The number of rotatable bonds is 5. The Morgan fingerprint density at radius 3 is 1.21 bits per heavy atom. The molecular formula is C53H33N5. The Labute approximate surface area is 333 Å². The predicted molar refractivity (Wildman–Crippen MR) is 240 cm³/mol. The van der Waals surface area contributed by atoms with E-state index in [0.717, 1.165) is 39.1 Å². The van der Waals surface area contributed by atoms with E-state index < -0.39 is 0 Å². The van der Waals surface area contributed by atoms with Gasteiger partial charge in [0.05, 0.1) is 22.1 Å². The molecule has 0 fully saturated rings. The molecule has 0 saturated carbocycles. The quantitative estimate of drug-likeness (QED) is 0.177. The minimum absolute atomic E-state index is 0.633. The smallest absolute Gasteiger partial charge is 0.164 e. The van der Waals surface area contributed by atoms with Crippen molar-refractivity contribution in [3.8, 4) is 45.5 Å². The monoisotopic (exact) mass is 739 g/mol. The molecule has 270 valence electrons. The van der Waals surface area contributed by atoms with Crippen molar-refractivity contribution in [2.75, 3.05) is 0 Å². The van der Waals surface area contributed by atoms with Crippen LogP contribution in [0.3, 0.4) is 0 Å². The molecule has 5 nitrogen and oxygen atoms in total. The third-order valence-corrected chi connectivity index (χ3v) is 11.5. The lowest BCUT2D eigenvalue weighted by atomic mass is 10.1. The van der Waals surface area contributed by atoms with Crippen LogP contribution in [0.5, 0.6) is 0 Å². The normalized spacial score (nSPS) is 11.8. The molecule has 3 aromatic heterocycles. The summed E-state index contributed by atoms with van der Waals surface area (Å²) in [7, 11) is 0. The van der Waals surface area contributed by atoms with E-state index in [1.807, 2.05) is 60.7 Å². The molecule has 0 aliphatic heterocycles. The Bertz CT molecular complexity index is 3490. The van der Waals surface area contributed by atoms with E-state index in [2.05, 4.69) is 149 Å². The molecule has 0 atom stereocenters. The molecular weight excluding hydrogens is 707 g/mol. The highest BCUT2D eigenvalue weighted by Gasteiger charge is 2.19. The number of aromatic nitrogens is 5. The molecule has 9 aromatic carbocycles.